The molecule has 0 unspecified atom stereocenters. The van der Waals surface area contributed by atoms with E-state index in [0.717, 1.165) is 12.1 Å². The van der Waals surface area contributed by atoms with Crippen LogP contribution in [0.15, 0.2) is 29.3 Å². The van der Waals surface area contributed by atoms with Gasteiger partial charge in [0.2, 0.25) is 6.08 Å². The lowest BCUT2D eigenvalue weighted by Gasteiger charge is -2.27. The zero-order valence-electron chi connectivity index (χ0n) is 10.1. The summed E-state index contributed by atoms with van der Waals surface area (Å²) in [6.07, 6.45) is 5.56. The molecular formula is C14H18N2O. The van der Waals surface area contributed by atoms with E-state index in [-0.39, 0.29) is 0 Å². The SMILES string of the molecule is O=C=NCc1ccccc1CN1CCCCC1. The lowest BCUT2D eigenvalue weighted by atomic mass is 10.1. The number of isocyanates is 1. The fraction of sp³-hybridized carbons (Fsp3) is 0.500. The summed E-state index contributed by atoms with van der Waals surface area (Å²) in [5, 5.41) is 0. The van der Waals surface area contributed by atoms with E-state index in [1.165, 1.54) is 37.9 Å². The third-order valence-electron chi connectivity index (χ3n) is 3.27. The van der Waals surface area contributed by atoms with Crippen LogP contribution in [0.4, 0.5) is 0 Å². The van der Waals surface area contributed by atoms with Crippen LogP contribution in [0.25, 0.3) is 0 Å². The average Bonchev–Trinajstić information content (AvgIpc) is 2.39. The van der Waals surface area contributed by atoms with Crippen molar-refractivity contribution in [3.05, 3.63) is 35.4 Å². The van der Waals surface area contributed by atoms with Crippen LogP contribution in [0.5, 0.6) is 0 Å². The molecule has 1 aliphatic rings. The van der Waals surface area contributed by atoms with E-state index in [9.17, 15) is 4.79 Å². The lowest BCUT2D eigenvalue weighted by molar-refractivity contribution is 0.220. The van der Waals surface area contributed by atoms with Crippen molar-refractivity contribution in [1.82, 2.24) is 4.90 Å². The Kier molecular flexibility index (Phi) is 4.48. The van der Waals surface area contributed by atoms with E-state index in [2.05, 4.69) is 16.0 Å². The molecule has 0 aromatic heterocycles. The van der Waals surface area contributed by atoms with E-state index in [4.69, 9.17) is 0 Å². The van der Waals surface area contributed by atoms with Crippen LogP contribution in [-0.2, 0) is 17.9 Å². The topological polar surface area (TPSA) is 32.7 Å². The van der Waals surface area contributed by atoms with Gasteiger partial charge >= 0.3 is 0 Å². The Morgan fingerprint density at radius 3 is 2.53 bits per heavy atom. The van der Waals surface area contributed by atoms with Gasteiger partial charge < -0.3 is 0 Å². The summed E-state index contributed by atoms with van der Waals surface area (Å²) in [4.78, 5) is 16.3. The highest BCUT2D eigenvalue weighted by Gasteiger charge is 2.11. The summed E-state index contributed by atoms with van der Waals surface area (Å²) in [6.45, 7) is 3.80. The molecule has 2 rings (SSSR count). The molecule has 90 valence electrons. The largest absolute Gasteiger partial charge is 0.299 e. The lowest BCUT2D eigenvalue weighted by Crippen LogP contribution is -2.29. The van der Waals surface area contributed by atoms with E-state index in [1.807, 2.05) is 18.2 Å². The third-order valence-corrected chi connectivity index (χ3v) is 3.27. The third kappa shape index (κ3) is 3.52. The predicted molar refractivity (Wildman–Crippen MR) is 67.4 cm³/mol. The van der Waals surface area contributed by atoms with E-state index in [0.29, 0.717) is 6.54 Å². The second kappa shape index (κ2) is 6.33. The molecule has 0 saturated carbocycles. The van der Waals surface area contributed by atoms with Crippen LogP contribution in [0.3, 0.4) is 0 Å². The summed E-state index contributed by atoms with van der Waals surface area (Å²) >= 11 is 0. The number of nitrogens with zero attached hydrogens (tertiary/aromatic N) is 2. The molecule has 1 aliphatic heterocycles. The molecule has 1 fully saturated rings. The molecule has 0 spiro atoms. The van der Waals surface area contributed by atoms with Gasteiger partial charge in [0.15, 0.2) is 0 Å². The monoisotopic (exact) mass is 230 g/mol. The molecule has 0 N–H and O–H groups in total. The standard InChI is InChI=1S/C14H18N2O/c17-12-15-10-13-6-2-3-7-14(13)11-16-8-4-1-5-9-16/h2-3,6-7H,1,4-5,8-11H2. The Balaban J connectivity index is 2.05. The molecule has 3 heteroatoms. The minimum Gasteiger partial charge on any atom is -0.299 e. The van der Waals surface area contributed by atoms with Crippen molar-refractivity contribution in [3.8, 4) is 0 Å². The predicted octanol–water partition coefficient (Wildman–Crippen LogP) is 2.51. The molecule has 1 aromatic carbocycles. The van der Waals surface area contributed by atoms with Gasteiger partial charge in [-0.05, 0) is 37.1 Å². The molecule has 0 bridgehead atoms. The average molecular weight is 230 g/mol. The van der Waals surface area contributed by atoms with E-state index < -0.39 is 0 Å². The minimum atomic E-state index is 0.452. The number of rotatable bonds is 4. The normalized spacial score (nSPS) is 16.5. The molecule has 1 saturated heterocycles. The molecule has 1 heterocycles. The van der Waals surface area contributed by atoms with Crippen molar-refractivity contribution in [1.29, 1.82) is 0 Å². The van der Waals surface area contributed by atoms with Gasteiger partial charge in [-0.25, -0.2) is 9.79 Å². The van der Waals surface area contributed by atoms with Gasteiger partial charge in [-0.2, -0.15) is 0 Å². The second-order valence-electron chi connectivity index (χ2n) is 4.51. The molecule has 0 aliphatic carbocycles. The number of hydrogen-bond donors (Lipinski definition) is 0. The smallest absolute Gasteiger partial charge is 0.235 e. The first kappa shape index (κ1) is 12.0. The van der Waals surface area contributed by atoms with Gasteiger partial charge in [-0.3, -0.25) is 4.90 Å². The highest BCUT2D eigenvalue weighted by molar-refractivity contribution is 5.35. The second-order valence-corrected chi connectivity index (χ2v) is 4.51. The quantitative estimate of drug-likeness (QED) is 0.588. The number of carbonyl (C=O) groups excluding carboxylic acids is 1. The minimum absolute atomic E-state index is 0.452. The number of aliphatic imine (C=N–C) groups is 1. The summed E-state index contributed by atoms with van der Waals surface area (Å²) in [5.41, 5.74) is 2.43. The van der Waals surface area contributed by atoms with Gasteiger partial charge in [0, 0.05) is 6.54 Å². The highest BCUT2D eigenvalue weighted by atomic mass is 16.1. The van der Waals surface area contributed by atoms with Crippen molar-refractivity contribution in [2.75, 3.05) is 13.1 Å². The summed E-state index contributed by atoms with van der Waals surface area (Å²) in [7, 11) is 0. The Bertz CT molecular complexity index is 404. The van der Waals surface area contributed by atoms with Gasteiger partial charge in [0.25, 0.3) is 0 Å². The highest BCUT2D eigenvalue weighted by Crippen LogP contribution is 2.16. The molecule has 0 radical (unpaired) electrons. The van der Waals surface area contributed by atoms with Gasteiger partial charge in [0.1, 0.15) is 0 Å². The van der Waals surface area contributed by atoms with Crippen molar-refractivity contribution < 1.29 is 4.79 Å². The number of benzene rings is 1. The zero-order valence-corrected chi connectivity index (χ0v) is 10.1. The number of piperidine rings is 1. The molecule has 17 heavy (non-hydrogen) atoms. The number of hydrogen-bond acceptors (Lipinski definition) is 3. The Labute approximate surface area is 102 Å². The first-order chi connectivity index (χ1) is 8.40. The van der Waals surface area contributed by atoms with Crippen molar-refractivity contribution >= 4 is 6.08 Å². The van der Waals surface area contributed by atoms with Crippen LogP contribution in [0, 0.1) is 0 Å². The van der Waals surface area contributed by atoms with Crippen LogP contribution in [-0.4, -0.2) is 24.1 Å². The Hall–Kier alpha value is -1.44. The maximum absolute atomic E-state index is 10.2. The van der Waals surface area contributed by atoms with Crippen molar-refractivity contribution in [2.24, 2.45) is 4.99 Å². The summed E-state index contributed by atoms with van der Waals surface area (Å²) < 4.78 is 0. The fourth-order valence-corrected chi connectivity index (χ4v) is 2.34. The molecule has 1 aromatic rings. The van der Waals surface area contributed by atoms with Crippen molar-refractivity contribution in [2.45, 2.75) is 32.4 Å². The fourth-order valence-electron chi connectivity index (χ4n) is 2.34. The van der Waals surface area contributed by atoms with E-state index >= 15 is 0 Å². The zero-order chi connectivity index (χ0) is 11.9. The summed E-state index contributed by atoms with van der Waals surface area (Å²) in [5.74, 6) is 0. The van der Waals surface area contributed by atoms with E-state index in [1.54, 1.807) is 6.08 Å². The van der Waals surface area contributed by atoms with Crippen LogP contribution in [0.1, 0.15) is 30.4 Å². The Morgan fingerprint density at radius 1 is 1.12 bits per heavy atom. The number of likely N-dealkylation sites (tertiary alicyclic amines) is 1. The van der Waals surface area contributed by atoms with Crippen LogP contribution in [0.2, 0.25) is 0 Å². The first-order valence-corrected chi connectivity index (χ1v) is 6.23. The first-order valence-electron chi connectivity index (χ1n) is 6.23. The molecule has 3 nitrogen and oxygen atoms in total. The van der Waals surface area contributed by atoms with Gasteiger partial charge in [0.05, 0.1) is 6.54 Å². The summed E-state index contributed by atoms with van der Waals surface area (Å²) in [6, 6.07) is 8.22. The molecule has 0 amide bonds. The van der Waals surface area contributed by atoms with Crippen molar-refractivity contribution in [3.63, 3.8) is 0 Å². The Morgan fingerprint density at radius 2 is 1.82 bits per heavy atom. The van der Waals surface area contributed by atoms with Crippen LogP contribution >= 0.6 is 0 Å². The van der Waals surface area contributed by atoms with Gasteiger partial charge in [-0.15, -0.1) is 0 Å². The van der Waals surface area contributed by atoms with Crippen LogP contribution < -0.4 is 0 Å². The molecule has 0 atom stereocenters. The molecular weight excluding hydrogens is 212 g/mol. The maximum Gasteiger partial charge on any atom is 0.235 e. The van der Waals surface area contributed by atoms with Gasteiger partial charge in [-0.1, -0.05) is 30.7 Å². The maximum atomic E-state index is 10.2.